The van der Waals surface area contributed by atoms with Crippen molar-refractivity contribution in [2.45, 2.75) is 70.1 Å². The van der Waals surface area contributed by atoms with Gasteiger partial charge in [-0.1, -0.05) is 13.8 Å². The number of nitrogens with zero attached hydrogens (tertiary/aromatic N) is 1. The van der Waals surface area contributed by atoms with Gasteiger partial charge in [-0.05, 0) is 25.2 Å². The molecule has 0 heterocycles. The van der Waals surface area contributed by atoms with E-state index in [1.54, 1.807) is 0 Å². The van der Waals surface area contributed by atoms with E-state index in [9.17, 15) is 33.6 Å². The smallest absolute Gasteiger partial charge is 0.326 e. The largest absolute Gasteiger partial charge is 0.481 e. The first kappa shape index (κ1) is 35.5. The molecule has 0 aliphatic heterocycles. The maximum atomic E-state index is 12.8. The number of aliphatic imine (C=N–C) groups is 1. The van der Waals surface area contributed by atoms with E-state index in [0.29, 0.717) is 6.42 Å². The zero-order valence-electron chi connectivity index (χ0n) is 22.3. The fourth-order valence-electron chi connectivity index (χ4n) is 3.26. The summed E-state index contributed by atoms with van der Waals surface area (Å²) in [6.07, 6.45) is -1.01. The monoisotopic (exact) mass is 573 g/mol. The van der Waals surface area contributed by atoms with E-state index in [4.69, 9.17) is 33.1 Å². The normalized spacial score (nSPS) is 13.6. The molecule has 0 fully saturated rings. The van der Waals surface area contributed by atoms with Crippen molar-refractivity contribution >= 4 is 47.4 Å². The van der Waals surface area contributed by atoms with Gasteiger partial charge in [0.1, 0.15) is 18.1 Å². The van der Waals surface area contributed by atoms with Crippen molar-refractivity contribution in [2.75, 3.05) is 13.1 Å². The van der Waals surface area contributed by atoms with Crippen molar-refractivity contribution < 1.29 is 43.8 Å². The first-order valence-electron chi connectivity index (χ1n) is 12.2. The highest BCUT2D eigenvalue weighted by molar-refractivity contribution is 5.96. The number of carbonyl (C=O) groups is 7. The van der Waals surface area contributed by atoms with Gasteiger partial charge in [0.15, 0.2) is 5.96 Å². The average molecular weight is 574 g/mol. The molecule has 0 aromatic carbocycles. The van der Waals surface area contributed by atoms with Crippen LogP contribution in [0.4, 0.5) is 0 Å². The molecular weight excluding hydrogens is 534 g/mol. The lowest BCUT2D eigenvalue weighted by Crippen LogP contribution is -2.55. The molecule has 0 aromatic heterocycles. The van der Waals surface area contributed by atoms with Crippen LogP contribution in [0.2, 0.25) is 0 Å². The predicted octanol–water partition coefficient (Wildman–Crippen LogP) is -4.58. The molecule has 18 nitrogen and oxygen atoms in total. The van der Waals surface area contributed by atoms with Gasteiger partial charge < -0.3 is 54.4 Å². The number of carbonyl (C=O) groups excluding carboxylic acids is 5. The molecular formula is C22H39N9O9. The van der Waals surface area contributed by atoms with Gasteiger partial charge in [-0.25, -0.2) is 4.79 Å². The average Bonchev–Trinajstić information content (AvgIpc) is 2.82. The standard InChI is InChI=1S/C22H39N9O9/c1-10(2)6-11(23)18(36)30-12(4-3-5-27-22(25)26)19(37)28-9-16(33)29-13(8-17(34)35)20(38)31-14(21(39)40)7-15(24)32/h10-14H,3-9,23H2,1-2H3,(H2,24,32)(H,28,37)(H,29,33)(H,30,36)(H,31,38)(H,34,35)(H,39,40)(H4,25,26,27)/t11-,12-,13-,14-/m0/s1. The van der Waals surface area contributed by atoms with E-state index < -0.39 is 85.0 Å². The van der Waals surface area contributed by atoms with E-state index in [-0.39, 0.29) is 31.3 Å². The number of guanidine groups is 1. The summed E-state index contributed by atoms with van der Waals surface area (Å²) in [5.41, 5.74) is 21.4. The fraction of sp³-hybridized carbons (Fsp3) is 0.636. The molecule has 0 saturated carbocycles. The number of aliphatic carboxylic acids is 2. The van der Waals surface area contributed by atoms with Gasteiger partial charge in [0, 0.05) is 6.54 Å². The molecule has 0 unspecified atom stereocenters. The number of nitrogens with two attached hydrogens (primary N) is 4. The first-order valence-corrected chi connectivity index (χ1v) is 12.2. The molecule has 0 saturated heterocycles. The lowest BCUT2D eigenvalue weighted by molar-refractivity contribution is -0.144. The Morgan fingerprint density at radius 2 is 1.40 bits per heavy atom. The predicted molar refractivity (Wildman–Crippen MR) is 140 cm³/mol. The van der Waals surface area contributed by atoms with Gasteiger partial charge >= 0.3 is 11.9 Å². The Bertz CT molecular complexity index is 967. The number of hydrogen-bond acceptors (Lipinski definition) is 9. The van der Waals surface area contributed by atoms with Crippen LogP contribution >= 0.6 is 0 Å². The maximum Gasteiger partial charge on any atom is 0.326 e. The number of primary amides is 1. The van der Waals surface area contributed by atoms with Gasteiger partial charge in [0.05, 0.1) is 25.4 Å². The van der Waals surface area contributed by atoms with E-state index in [1.807, 2.05) is 19.2 Å². The molecule has 40 heavy (non-hydrogen) atoms. The Balaban J connectivity index is 5.36. The maximum absolute atomic E-state index is 12.8. The van der Waals surface area contributed by atoms with Gasteiger partial charge in [0.2, 0.25) is 29.5 Å². The van der Waals surface area contributed by atoms with Crippen LogP contribution in [0.3, 0.4) is 0 Å². The van der Waals surface area contributed by atoms with E-state index >= 15 is 0 Å². The highest BCUT2D eigenvalue weighted by Crippen LogP contribution is 2.05. The fourth-order valence-corrected chi connectivity index (χ4v) is 3.26. The summed E-state index contributed by atoms with van der Waals surface area (Å²) in [4.78, 5) is 87.3. The van der Waals surface area contributed by atoms with Crippen molar-refractivity contribution in [1.29, 1.82) is 0 Å². The second-order valence-corrected chi connectivity index (χ2v) is 9.25. The summed E-state index contributed by atoms with van der Waals surface area (Å²) >= 11 is 0. The van der Waals surface area contributed by atoms with E-state index in [1.165, 1.54) is 0 Å². The van der Waals surface area contributed by atoms with Crippen LogP contribution in [0.25, 0.3) is 0 Å². The number of hydrogen-bond donors (Lipinski definition) is 10. The Morgan fingerprint density at radius 3 is 1.90 bits per heavy atom. The summed E-state index contributed by atoms with van der Waals surface area (Å²) in [7, 11) is 0. The highest BCUT2D eigenvalue weighted by Gasteiger charge is 2.30. The van der Waals surface area contributed by atoms with Crippen molar-refractivity contribution in [1.82, 2.24) is 21.3 Å². The lowest BCUT2D eigenvalue weighted by atomic mass is 10.0. The first-order chi connectivity index (χ1) is 18.5. The highest BCUT2D eigenvalue weighted by atomic mass is 16.4. The molecule has 0 aliphatic rings. The lowest BCUT2D eigenvalue weighted by Gasteiger charge is -2.22. The third-order valence-electron chi connectivity index (χ3n) is 5.11. The SMILES string of the molecule is CC(C)C[C@H](N)C(=O)N[C@@H](CCCN=C(N)N)C(=O)NCC(=O)N[C@@H](CC(=O)O)C(=O)N[C@@H](CC(N)=O)C(=O)O. The van der Waals surface area contributed by atoms with Gasteiger partial charge in [-0.2, -0.15) is 0 Å². The molecule has 0 radical (unpaired) electrons. The minimum atomic E-state index is -1.76. The number of amides is 5. The number of nitrogens with one attached hydrogen (secondary N) is 4. The van der Waals surface area contributed by atoms with Gasteiger partial charge in [-0.3, -0.25) is 33.8 Å². The quantitative estimate of drug-likeness (QED) is 0.0396. The van der Waals surface area contributed by atoms with Crippen LogP contribution in [0, 0.1) is 5.92 Å². The third kappa shape index (κ3) is 15.7. The number of carboxylic acid groups (broad SMARTS) is 2. The molecule has 0 rings (SSSR count). The second kappa shape index (κ2) is 17.9. The summed E-state index contributed by atoms with van der Waals surface area (Å²) in [6, 6.07) is -5.53. The molecule has 0 aliphatic carbocycles. The molecule has 5 amide bonds. The molecule has 226 valence electrons. The summed E-state index contributed by atoms with van der Waals surface area (Å²) < 4.78 is 0. The zero-order chi connectivity index (χ0) is 31.0. The number of carboxylic acids is 2. The molecule has 4 atom stereocenters. The minimum absolute atomic E-state index is 0.0743. The van der Waals surface area contributed by atoms with Crippen molar-refractivity contribution in [3.8, 4) is 0 Å². The van der Waals surface area contributed by atoms with Crippen LogP contribution in [-0.2, 0) is 33.6 Å². The number of rotatable bonds is 19. The van der Waals surface area contributed by atoms with Crippen LogP contribution in [-0.4, -0.2) is 94.9 Å². The summed E-state index contributed by atoms with van der Waals surface area (Å²) in [5.74, 6) is -7.80. The van der Waals surface area contributed by atoms with E-state index in [2.05, 4.69) is 20.9 Å². The van der Waals surface area contributed by atoms with Crippen LogP contribution < -0.4 is 44.2 Å². The molecule has 0 aromatic rings. The zero-order valence-corrected chi connectivity index (χ0v) is 22.3. The minimum Gasteiger partial charge on any atom is -0.481 e. The Labute approximate surface area is 230 Å². The Morgan fingerprint density at radius 1 is 0.800 bits per heavy atom. The third-order valence-corrected chi connectivity index (χ3v) is 5.11. The van der Waals surface area contributed by atoms with Crippen LogP contribution in [0.5, 0.6) is 0 Å². The van der Waals surface area contributed by atoms with Crippen molar-refractivity contribution in [2.24, 2.45) is 33.8 Å². The molecule has 18 heteroatoms. The van der Waals surface area contributed by atoms with Crippen molar-refractivity contribution in [3.05, 3.63) is 0 Å². The van der Waals surface area contributed by atoms with E-state index in [0.717, 1.165) is 0 Å². The Kier molecular flexibility index (Phi) is 15.9. The van der Waals surface area contributed by atoms with Gasteiger partial charge in [-0.15, -0.1) is 0 Å². The second-order valence-electron chi connectivity index (χ2n) is 9.25. The Hall–Kier alpha value is -4.48. The van der Waals surface area contributed by atoms with Gasteiger partial charge in [0.25, 0.3) is 0 Å². The molecule has 0 bridgehead atoms. The molecule has 14 N–H and O–H groups in total. The summed E-state index contributed by atoms with van der Waals surface area (Å²) in [6.45, 7) is 3.15. The summed E-state index contributed by atoms with van der Waals surface area (Å²) in [5, 5.41) is 27.0. The van der Waals surface area contributed by atoms with Crippen LogP contribution in [0.1, 0.15) is 46.0 Å². The molecule has 0 spiro atoms. The van der Waals surface area contributed by atoms with Crippen molar-refractivity contribution in [3.63, 3.8) is 0 Å². The topological polar surface area (TPSA) is 325 Å². The van der Waals surface area contributed by atoms with Crippen LogP contribution in [0.15, 0.2) is 4.99 Å².